The van der Waals surface area contributed by atoms with Gasteiger partial charge in [0.05, 0.1) is 11.0 Å². The van der Waals surface area contributed by atoms with E-state index in [0.717, 1.165) is 0 Å². The summed E-state index contributed by atoms with van der Waals surface area (Å²) in [6.45, 7) is 5.11. The molecule has 0 spiro atoms. The predicted molar refractivity (Wildman–Crippen MR) is 80.9 cm³/mol. The first-order valence-electron chi connectivity index (χ1n) is 6.51. The summed E-state index contributed by atoms with van der Waals surface area (Å²) < 4.78 is 5.11. The van der Waals surface area contributed by atoms with Crippen LogP contribution in [0.15, 0.2) is 18.2 Å². The van der Waals surface area contributed by atoms with Crippen molar-refractivity contribution in [3.63, 3.8) is 0 Å². The van der Waals surface area contributed by atoms with Gasteiger partial charge in [0.15, 0.2) is 0 Å². The first-order chi connectivity index (χ1) is 10.1. The lowest BCUT2D eigenvalue weighted by Gasteiger charge is -2.23. The zero-order chi connectivity index (χ0) is 16.9. The molecule has 7 nitrogen and oxygen atoms in total. The molecule has 0 aliphatic heterocycles. The van der Waals surface area contributed by atoms with Crippen molar-refractivity contribution in [2.45, 2.75) is 38.8 Å². The van der Waals surface area contributed by atoms with E-state index < -0.39 is 22.7 Å². The number of rotatable bonds is 5. The third-order valence-electron chi connectivity index (χ3n) is 2.59. The highest BCUT2D eigenvalue weighted by molar-refractivity contribution is 6.32. The molecule has 0 radical (unpaired) electrons. The highest BCUT2D eigenvalue weighted by Crippen LogP contribution is 2.28. The summed E-state index contributed by atoms with van der Waals surface area (Å²) in [4.78, 5) is 32.9. The van der Waals surface area contributed by atoms with Gasteiger partial charge < -0.3 is 14.8 Å². The van der Waals surface area contributed by atoms with Crippen LogP contribution in [0.4, 0.5) is 10.5 Å². The lowest BCUT2D eigenvalue weighted by Crippen LogP contribution is -2.35. The smallest absolute Gasteiger partial charge is 0.408 e. The summed E-state index contributed by atoms with van der Waals surface area (Å²) in [6.07, 6.45) is -0.141. The number of nitrogens with zero attached hydrogens (tertiary/aromatic N) is 1. The number of halogens is 1. The van der Waals surface area contributed by atoms with Crippen molar-refractivity contribution in [1.82, 2.24) is 5.32 Å². The Bertz CT molecular complexity index is 583. The molecule has 0 saturated carbocycles. The summed E-state index contributed by atoms with van der Waals surface area (Å²) in [6, 6.07) is 3.36. The Morgan fingerprint density at radius 3 is 2.64 bits per heavy atom. The van der Waals surface area contributed by atoms with E-state index in [9.17, 15) is 19.7 Å². The van der Waals surface area contributed by atoms with Crippen LogP contribution in [0.3, 0.4) is 0 Å². The molecular formula is C14H17ClN2O5. The standard InChI is InChI=1S/C14H17ClN2O5/c1-14(2,3)22-13(19)16-11(6-7-18)9-4-5-10(15)12(8-9)17(20)21/h4-5,7-8,11H,6H2,1-3H3,(H,16,19)/t11-/m0/s1. The second-order valence-electron chi connectivity index (χ2n) is 5.57. The minimum atomic E-state index is -0.733. The molecule has 1 aromatic carbocycles. The van der Waals surface area contributed by atoms with Crippen LogP contribution in [0.2, 0.25) is 5.02 Å². The summed E-state index contributed by atoms with van der Waals surface area (Å²) in [5.41, 5.74) is -0.586. The van der Waals surface area contributed by atoms with Crippen LogP contribution >= 0.6 is 11.6 Å². The molecule has 0 aliphatic carbocycles. The number of alkyl carbamates (subject to hydrolysis) is 1. The number of carbonyl (C=O) groups excluding carboxylic acids is 2. The summed E-state index contributed by atoms with van der Waals surface area (Å²) in [5.74, 6) is 0. The van der Waals surface area contributed by atoms with E-state index in [1.807, 2.05) is 0 Å². The third-order valence-corrected chi connectivity index (χ3v) is 2.91. The number of hydrogen-bond acceptors (Lipinski definition) is 5. The Labute approximate surface area is 132 Å². The topological polar surface area (TPSA) is 98.5 Å². The van der Waals surface area contributed by atoms with Crippen molar-refractivity contribution in [2.75, 3.05) is 0 Å². The largest absolute Gasteiger partial charge is 0.444 e. The maximum atomic E-state index is 11.8. The number of nitrogens with one attached hydrogen (secondary N) is 1. The Morgan fingerprint density at radius 2 is 2.14 bits per heavy atom. The van der Waals surface area contributed by atoms with Crippen molar-refractivity contribution >= 4 is 29.7 Å². The second-order valence-corrected chi connectivity index (χ2v) is 5.98. The molecule has 1 atom stereocenters. The van der Waals surface area contributed by atoms with E-state index in [0.29, 0.717) is 11.8 Å². The van der Waals surface area contributed by atoms with Gasteiger partial charge in [0.25, 0.3) is 5.69 Å². The van der Waals surface area contributed by atoms with Crippen LogP contribution in [0, 0.1) is 10.1 Å². The lowest BCUT2D eigenvalue weighted by atomic mass is 10.0. The van der Waals surface area contributed by atoms with E-state index in [2.05, 4.69) is 5.32 Å². The minimum absolute atomic E-state index is 0.0177. The van der Waals surface area contributed by atoms with Crippen LogP contribution in [-0.4, -0.2) is 22.9 Å². The molecule has 22 heavy (non-hydrogen) atoms. The summed E-state index contributed by atoms with van der Waals surface area (Å²) >= 11 is 5.74. The van der Waals surface area contributed by atoms with Gasteiger partial charge in [-0.1, -0.05) is 17.7 Å². The maximum Gasteiger partial charge on any atom is 0.408 e. The number of aldehydes is 1. The lowest BCUT2D eigenvalue weighted by molar-refractivity contribution is -0.384. The van der Waals surface area contributed by atoms with Gasteiger partial charge in [-0.25, -0.2) is 4.79 Å². The van der Waals surface area contributed by atoms with Gasteiger partial charge >= 0.3 is 6.09 Å². The average molecular weight is 329 g/mol. The fraction of sp³-hybridized carbons (Fsp3) is 0.429. The number of ether oxygens (including phenoxy) is 1. The van der Waals surface area contributed by atoms with Gasteiger partial charge in [-0.3, -0.25) is 10.1 Å². The van der Waals surface area contributed by atoms with E-state index >= 15 is 0 Å². The zero-order valence-electron chi connectivity index (χ0n) is 12.5. The highest BCUT2D eigenvalue weighted by Gasteiger charge is 2.22. The summed E-state index contributed by atoms with van der Waals surface area (Å²) in [5, 5.41) is 13.4. The Balaban J connectivity index is 3.00. The molecule has 1 aromatic rings. The molecule has 0 aliphatic rings. The Morgan fingerprint density at radius 1 is 1.50 bits per heavy atom. The predicted octanol–water partition coefficient (Wildman–Crippen LogP) is 3.40. The van der Waals surface area contributed by atoms with Crippen LogP contribution in [0.25, 0.3) is 0 Å². The zero-order valence-corrected chi connectivity index (χ0v) is 13.2. The molecule has 1 N–H and O–H groups in total. The quantitative estimate of drug-likeness (QED) is 0.507. The van der Waals surface area contributed by atoms with Crippen molar-refractivity contribution in [3.05, 3.63) is 38.9 Å². The SMILES string of the molecule is CC(C)(C)OC(=O)N[C@@H](CC=O)c1ccc(Cl)c([N+](=O)[O-])c1. The molecule has 0 fully saturated rings. The monoisotopic (exact) mass is 328 g/mol. The number of amides is 1. The van der Waals surface area contributed by atoms with Crippen molar-refractivity contribution < 1.29 is 19.2 Å². The number of benzene rings is 1. The average Bonchev–Trinajstić information content (AvgIpc) is 2.36. The number of hydrogen-bond donors (Lipinski definition) is 1. The molecule has 120 valence electrons. The fourth-order valence-electron chi connectivity index (χ4n) is 1.71. The molecule has 1 rings (SSSR count). The van der Waals surface area contributed by atoms with Crippen LogP contribution in [-0.2, 0) is 9.53 Å². The molecule has 0 bridgehead atoms. The minimum Gasteiger partial charge on any atom is -0.444 e. The van der Waals surface area contributed by atoms with Crippen molar-refractivity contribution in [2.24, 2.45) is 0 Å². The van der Waals surface area contributed by atoms with E-state index in [1.54, 1.807) is 20.8 Å². The molecule has 0 aromatic heterocycles. The molecule has 0 heterocycles. The van der Waals surface area contributed by atoms with Gasteiger partial charge in [-0.2, -0.15) is 0 Å². The van der Waals surface area contributed by atoms with Gasteiger partial charge in [-0.05, 0) is 32.4 Å². The van der Waals surface area contributed by atoms with Gasteiger partial charge in [0, 0.05) is 12.5 Å². The Kier molecular flexibility index (Phi) is 5.87. The van der Waals surface area contributed by atoms with E-state index in [4.69, 9.17) is 16.3 Å². The maximum absolute atomic E-state index is 11.8. The molecule has 1 amide bonds. The van der Waals surface area contributed by atoms with Gasteiger partial charge in [-0.15, -0.1) is 0 Å². The van der Waals surface area contributed by atoms with Crippen molar-refractivity contribution in [3.8, 4) is 0 Å². The van der Waals surface area contributed by atoms with Crippen LogP contribution in [0.1, 0.15) is 38.8 Å². The van der Waals surface area contributed by atoms with Crippen molar-refractivity contribution in [1.29, 1.82) is 0 Å². The molecule has 8 heteroatoms. The van der Waals surface area contributed by atoms with Gasteiger partial charge in [0.2, 0.25) is 0 Å². The molecule has 0 unspecified atom stereocenters. The van der Waals surface area contributed by atoms with Crippen LogP contribution < -0.4 is 5.32 Å². The van der Waals surface area contributed by atoms with Gasteiger partial charge in [0.1, 0.15) is 16.9 Å². The normalized spacial score (nSPS) is 12.4. The highest BCUT2D eigenvalue weighted by atomic mass is 35.5. The second kappa shape index (κ2) is 7.22. The molecular weight excluding hydrogens is 312 g/mol. The first kappa shape index (κ1) is 17.9. The molecule has 0 saturated heterocycles. The van der Waals surface area contributed by atoms with E-state index in [-0.39, 0.29) is 17.1 Å². The number of nitro groups is 1. The fourth-order valence-corrected chi connectivity index (χ4v) is 1.90. The summed E-state index contributed by atoms with van der Waals surface area (Å²) in [7, 11) is 0. The van der Waals surface area contributed by atoms with E-state index in [1.165, 1.54) is 18.2 Å². The number of carbonyl (C=O) groups is 2. The third kappa shape index (κ3) is 5.33. The number of nitro benzene ring substituents is 1. The van der Waals surface area contributed by atoms with Crippen LogP contribution in [0.5, 0.6) is 0 Å². The Hall–Kier alpha value is -2.15. The first-order valence-corrected chi connectivity index (χ1v) is 6.89.